The molecular weight excluding hydrogens is 368 g/mol. The van der Waals surface area contributed by atoms with Crippen LogP contribution in [0.25, 0.3) is 71.1 Å². The van der Waals surface area contributed by atoms with Crippen molar-refractivity contribution in [1.82, 2.24) is 8.97 Å². The first-order valence-electron chi connectivity index (χ1n) is 10.3. The molecule has 0 aliphatic heterocycles. The van der Waals surface area contributed by atoms with Crippen LogP contribution in [0.4, 0.5) is 0 Å². The van der Waals surface area contributed by atoms with E-state index in [4.69, 9.17) is 4.42 Å². The molecule has 8 rings (SSSR count). The van der Waals surface area contributed by atoms with Crippen LogP contribution in [0.2, 0.25) is 0 Å². The number of hydrogen-bond donors (Lipinski definition) is 0. The second-order valence-electron chi connectivity index (χ2n) is 8.25. The number of hydrogen-bond acceptors (Lipinski definition) is 1. The largest absolute Gasteiger partial charge is 0.439 e. The maximum Gasteiger partial charge on any atom is 0.213 e. The van der Waals surface area contributed by atoms with Gasteiger partial charge in [-0.1, -0.05) is 48.5 Å². The number of nitrogens with zero attached hydrogens (tertiary/aromatic N) is 2. The molecule has 0 N–H and O–H groups in total. The minimum absolute atomic E-state index is 0.927. The maximum atomic E-state index is 6.49. The van der Waals surface area contributed by atoms with Gasteiger partial charge in [0.05, 0.1) is 21.9 Å². The summed E-state index contributed by atoms with van der Waals surface area (Å²) in [6.07, 6.45) is 0. The van der Waals surface area contributed by atoms with Crippen LogP contribution >= 0.6 is 0 Å². The van der Waals surface area contributed by atoms with Crippen molar-refractivity contribution < 1.29 is 4.42 Å². The summed E-state index contributed by atoms with van der Waals surface area (Å²) in [7, 11) is 2.17. The van der Waals surface area contributed by atoms with Crippen LogP contribution in [0.5, 0.6) is 0 Å². The summed E-state index contributed by atoms with van der Waals surface area (Å²) in [5.41, 5.74) is 6.80. The van der Waals surface area contributed by atoms with Gasteiger partial charge in [0.15, 0.2) is 0 Å². The highest BCUT2D eigenvalue weighted by molar-refractivity contribution is 6.34. The number of benzene rings is 4. The van der Waals surface area contributed by atoms with Gasteiger partial charge in [-0.3, -0.25) is 4.40 Å². The highest BCUT2D eigenvalue weighted by Gasteiger charge is 2.23. The lowest BCUT2D eigenvalue weighted by molar-refractivity contribution is 0.651. The SMILES string of the molecule is Cn1c2cccc3c4ccccc4n4c5oc6ccccc6c5c5ccc1c(c32)c54. The van der Waals surface area contributed by atoms with E-state index in [-0.39, 0.29) is 0 Å². The fourth-order valence-electron chi connectivity index (χ4n) is 5.66. The molecular formula is C27H16N2O. The molecule has 0 amide bonds. The zero-order valence-electron chi connectivity index (χ0n) is 16.3. The van der Waals surface area contributed by atoms with Crippen LogP contribution in [0.1, 0.15) is 0 Å². The van der Waals surface area contributed by atoms with Crippen LogP contribution in [-0.4, -0.2) is 8.97 Å². The Bertz CT molecular complexity index is 1960. The Morgan fingerprint density at radius 3 is 2.23 bits per heavy atom. The maximum absolute atomic E-state index is 6.49. The Morgan fingerprint density at radius 2 is 1.30 bits per heavy atom. The summed E-state index contributed by atoms with van der Waals surface area (Å²) in [5.74, 6) is 0. The van der Waals surface area contributed by atoms with Gasteiger partial charge >= 0.3 is 0 Å². The van der Waals surface area contributed by atoms with E-state index in [1.54, 1.807) is 0 Å². The van der Waals surface area contributed by atoms with Gasteiger partial charge in [0.25, 0.3) is 0 Å². The monoisotopic (exact) mass is 384 g/mol. The molecule has 30 heavy (non-hydrogen) atoms. The summed E-state index contributed by atoms with van der Waals surface area (Å²) in [4.78, 5) is 0. The molecule has 0 bridgehead atoms. The van der Waals surface area contributed by atoms with Gasteiger partial charge < -0.3 is 8.98 Å². The van der Waals surface area contributed by atoms with E-state index in [9.17, 15) is 0 Å². The smallest absolute Gasteiger partial charge is 0.213 e. The van der Waals surface area contributed by atoms with Crippen LogP contribution in [0.15, 0.2) is 83.3 Å². The number of fused-ring (bicyclic) bond motifs is 8. The molecule has 4 aromatic carbocycles. The Balaban J connectivity index is 1.90. The van der Waals surface area contributed by atoms with Gasteiger partial charge in [-0.05, 0) is 35.7 Å². The molecule has 8 aromatic rings. The van der Waals surface area contributed by atoms with Crippen LogP contribution in [0, 0.1) is 0 Å². The van der Waals surface area contributed by atoms with Crippen LogP contribution in [-0.2, 0) is 7.05 Å². The molecule has 0 fully saturated rings. The summed E-state index contributed by atoms with van der Waals surface area (Å²) in [6.45, 7) is 0. The lowest BCUT2D eigenvalue weighted by Crippen LogP contribution is -1.88. The van der Waals surface area contributed by atoms with Crippen molar-refractivity contribution in [3.8, 4) is 0 Å². The number of rotatable bonds is 0. The second-order valence-corrected chi connectivity index (χ2v) is 8.25. The van der Waals surface area contributed by atoms with Crippen molar-refractivity contribution in [3.05, 3.63) is 78.9 Å². The lowest BCUT2D eigenvalue weighted by Gasteiger charge is -2.03. The average molecular weight is 384 g/mol. The molecule has 0 atom stereocenters. The van der Waals surface area contributed by atoms with Crippen LogP contribution < -0.4 is 0 Å². The summed E-state index contributed by atoms with van der Waals surface area (Å²) < 4.78 is 11.2. The number of para-hydroxylation sites is 2. The van der Waals surface area contributed by atoms with E-state index in [0.29, 0.717) is 0 Å². The predicted octanol–water partition coefficient (Wildman–Crippen LogP) is 7.23. The van der Waals surface area contributed by atoms with E-state index in [1.807, 2.05) is 6.07 Å². The van der Waals surface area contributed by atoms with Crippen molar-refractivity contribution >= 4 is 71.1 Å². The molecule has 4 aromatic heterocycles. The molecule has 4 heterocycles. The van der Waals surface area contributed by atoms with Crippen molar-refractivity contribution in [1.29, 1.82) is 0 Å². The van der Waals surface area contributed by atoms with E-state index in [2.05, 4.69) is 88.8 Å². The molecule has 0 aliphatic carbocycles. The Labute approximate surface area is 170 Å². The van der Waals surface area contributed by atoms with Gasteiger partial charge in [0.2, 0.25) is 5.71 Å². The fraction of sp³-hybridized carbons (Fsp3) is 0.0370. The van der Waals surface area contributed by atoms with Gasteiger partial charge in [0, 0.05) is 39.5 Å². The lowest BCUT2D eigenvalue weighted by atomic mass is 10.0. The Morgan fingerprint density at radius 1 is 0.567 bits per heavy atom. The zero-order valence-corrected chi connectivity index (χ0v) is 16.3. The Kier molecular flexibility index (Phi) is 2.37. The molecule has 140 valence electrons. The zero-order chi connectivity index (χ0) is 19.6. The Hall–Kier alpha value is -3.98. The summed E-state index contributed by atoms with van der Waals surface area (Å²) in [6, 6.07) is 28.2. The first-order chi connectivity index (χ1) is 14.8. The molecule has 0 aliphatic rings. The standard InChI is InChI=1S/C27H16N2O/c1-28-20-11-6-9-16-15-7-2-4-10-19(15)29-26-18(13-14-21(28)25(26)24(16)20)23-17-8-3-5-12-22(17)30-27(23)29/h2-14H,1H3. The van der Waals surface area contributed by atoms with Crippen LogP contribution in [0.3, 0.4) is 0 Å². The topological polar surface area (TPSA) is 22.5 Å². The van der Waals surface area contributed by atoms with Crippen molar-refractivity contribution in [2.45, 2.75) is 0 Å². The van der Waals surface area contributed by atoms with E-state index in [0.717, 1.165) is 11.3 Å². The second kappa shape index (κ2) is 4.77. The van der Waals surface area contributed by atoms with E-state index < -0.39 is 0 Å². The van der Waals surface area contributed by atoms with Gasteiger partial charge in [-0.15, -0.1) is 0 Å². The highest BCUT2D eigenvalue weighted by Crippen LogP contribution is 2.45. The van der Waals surface area contributed by atoms with Gasteiger partial charge in [-0.25, -0.2) is 0 Å². The highest BCUT2D eigenvalue weighted by atomic mass is 16.3. The first kappa shape index (κ1) is 14.9. The third-order valence-corrected chi connectivity index (χ3v) is 6.88. The average Bonchev–Trinajstić information content (AvgIpc) is 3.38. The third kappa shape index (κ3) is 1.47. The minimum atomic E-state index is 0.927. The van der Waals surface area contributed by atoms with E-state index >= 15 is 0 Å². The molecule has 0 spiro atoms. The first-order valence-corrected chi connectivity index (χ1v) is 10.3. The third-order valence-electron chi connectivity index (χ3n) is 6.88. The number of aromatic nitrogens is 2. The normalized spacial score (nSPS) is 12.8. The van der Waals surface area contributed by atoms with E-state index in [1.165, 1.54) is 59.8 Å². The molecule has 3 heteroatoms. The summed E-state index contributed by atoms with van der Waals surface area (Å²) in [5, 5.41) is 8.80. The summed E-state index contributed by atoms with van der Waals surface area (Å²) >= 11 is 0. The quantitative estimate of drug-likeness (QED) is 0.270. The molecule has 0 unspecified atom stereocenters. The van der Waals surface area contributed by atoms with Crippen molar-refractivity contribution in [2.75, 3.05) is 0 Å². The van der Waals surface area contributed by atoms with Crippen molar-refractivity contribution in [3.63, 3.8) is 0 Å². The van der Waals surface area contributed by atoms with Crippen molar-refractivity contribution in [2.24, 2.45) is 7.05 Å². The fourth-order valence-corrected chi connectivity index (χ4v) is 5.66. The molecule has 3 nitrogen and oxygen atoms in total. The van der Waals surface area contributed by atoms with Gasteiger partial charge in [0.1, 0.15) is 5.58 Å². The molecule has 0 radical (unpaired) electrons. The minimum Gasteiger partial charge on any atom is -0.439 e. The molecule has 0 saturated heterocycles. The number of aryl methyl sites for hydroxylation is 1. The van der Waals surface area contributed by atoms with Gasteiger partial charge in [-0.2, -0.15) is 0 Å². The molecule has 0 saturated carbocycles. The number of furan rings is 1. The predicted molar refractivity (Wildman–Crippen MR) is 125 cm³/mol.